The number of halogens is 2. The highest BCUT2D eigenvalue weighted by Gasteiger charge is 2.10. The van der Waals surface area contributed by atoms with Gasteiger partial charge in [0, 0.05) is 24.1 Å². The first-order chi connectivity index (χ1) is 9.06. The second-order valence-electron chi connectivity index (χ2n) is 3.83. The molecule has 0 amide bonds. The van der Waals surface area contributed by atoms with Gasteiger partial charge >= 0.3 is 0 Å². The Kier molecular flexibility index (Phi) is 4.28. The van der Waals surface area contributed by atoms with E-state index in [1.807, 2.05) is 0 Å². The maximum atomic E-state index is 13.1. The van der Waals surface area contributed by atoms with Gasteiger partial charge in [-0.1, -0.05) is 17.8 Å². The van der Waals surface area contributed by atoms with Crippen molar-refractivity contribution in [1.29, 1.82) is 0 Å². The lowest BCUT2D eigenvalue weighted by Gasteiger charge is -2.11. The van der Waals surface area contributed by atoms with E-state index in [1.54, 1.807) is 0 Å². The summed E-state index contributed by atoms with van der Waals surface area (Å²) in [4.78, 5) is 17.6. The lowest BCUT2D eigenvalue weighted by Crippen LogP contribution is -2.14. The Bertz CT molecular complexity index is 632. The van der Waals surface area contributed by atoms with Gasteiger partial charge in [0.05, 0.1) is 0 Å². The number of aromatic amines is 1. The smallest absolute Gasteiger partial charge is 0.251 e. The molecule has 0 aliphatic rings. The van der Waals surface area contributed by atoms with Crippen LogP contribution in [0.1, 0.15) is 11.6 Å². The average Bonchev–Trinajstić information content (AvgIpc) is 2.39. The number of H-pyrrole nitrogens is 1. The number of nitrogens with zero attached hydrogens (tertiary/aromatic N) is 1. The fourth-order valence-electron chi connectivity index (χ4n) is 1.43. The van der Waals surface area contributed by atoms with Gasteiger partial charge in [0.1, 0.15) is 0 Å². The van der Waals surface area contributed by atoms with Gasteiger partial charge in [0.15, 0.2) is 16.8 Å². The van der Waals surface area contributed by atoms with Crippen molar-refractivity contribution in [3.05, 3.63) is 58.0 Å². The summed E-state index contributed by atoms with van der Waals surface area (Å²) in [5, 5.41) is 0.436. The molecule has 2 rings (SSSR count). The summed E-state index contributed by atoms with van der Waals surface area (Å²) < 4.78 is 25.8. The summed E-state index contributed by atoms with van der Waals surface area (Å²) in [6, 6.07) is 4.37. The Labute approximate surface area is 112 Å². The Morgan fingerprint density at radius 1 is 1.32 bits per heavy atom. The lowest BCUT2D eigenvalue weighted by molar-refractivity contribution is 0.506. The summed E-state index contributed by atoms with van der Waals surface area (Å²) >= 11 is 1.24. The van der Waals surface area contributed by atoms with Crippen LogP contribution in [0.5, 0.6) is 0 Å². The van der Waals surface area contributed by atoms with E-state index >= 15 is 0 Å². The number of nitrogens with two attached hydrogens (primary N) is 1. The Balaban J connectivity index is 2.03. The molecular weight excluding hydrogens is 272 g/mol. The lowest BCUT2D eigenvalue weighted by atomic mass is 10.1. The number of aromatic nitrogens is 2. The summed E-state index contributed by atoms with van der Waals surface area (Å²) in [6.45, 7) is 0. The number of nitrogens with one attached hydrogen (secondary N) is 1. The minimum atomic E-state index is -0.927. The van der Waals surface area contributed by atoms with Crippen molar-refractivity contribution in [2.45, 2.75) is 11.2 Å². The van der Waals surface area contributed by atoms with E-state index in [1.165, 1.54) is 30.1 Å². The highest BCUT2D eigenvalue weighted by atomic mass is 32.2. The molecule has 1 unspecified atom stereocenters. The minimum absolute atomic E-state index is 0.251. The fraction of sp³-hybridized carbons (Fsp3) is 0.167. The molecule has 0 fully saturated rings. The van der Waals surface area contributed by atoms with Gasteiger partial charge < -0.3 is 10.7 Å². The van der Waals surface area contributed by atoms with E-state index in [-0.39, 0.29) is 5.56 Å². The van der Waals surface area contributed by atoms with Crippen LogP contribution in [-0.4, -0.2) is 15.7 Å². The first-order valence-corrected chi connectivity index (χ1v) is 6.43. The maximum absolute atomic E-state index is 13.1. The van der Waals surface area contributed by atoms with Crippen LogP contribution < -0.4 is 11.3 Å². The monoisotopic (exact) mass is 283 g/mol. The largest absolute Gasteiger partial charge is 0.323 e. The molecule has 4 nitrogen and oxygen atoms in total. The van der Waals surface area contributed by atoms with Crippen molar-refractivity contribution in [2.75, 3.05) is 5.75 Å². The number of benzene rings is 1. The van der Waals surface area contributed by atoms with E-state index in [4.69, 9.17) is 5.73 Å². The normalized spacial score (nSPS) is 12.4. The third kappa shape index (κ3) is 3.62. The highest BCUT2D eigenvalue weighted by molar-refractivity contribution is 7.99. The van der Waals surface area contributed by atoms with Crippen LogP contribution in [0, 0.1) is 11.6 Å². The van der Waals surface area contributed by atoms with Crippen molar-refractivity contribution in [3.8, 4) is 0 Å². The van der Waals surface area contributed by atoms with E-state index in [2.05, 4.69) is 9.97 Å². The van der Waals surface area contributed by atoms with E-state index < -0.39 is 17.7 Å². The number of hydrogen-bond acceptors (Lipinski definition) is 4. The topological polar surface area (TPSA) is 71.8 Å². The van der Waals surface area contributed by atoms with E-state index in [0.29, 0.717) is 16.5 Å². The Hall–Kier alpha value is -1.73. The molecule has 1 heterocycles. The predicted molar refractivity (Wildman–Crippen MR) is 68.9 cm³/mol. The molecule has 1 atom stereocenters. The van der Waals surface area contributed by atoms with Crippen LogP contribution in [0.2, 0.25) is 0 Å². The van der Waals surface area contributed by atoms with Crippen LogP contribution >= 0.6 is 11.8 Å². The van der Waals surface area contributed by atoms with Crippen molar-refractivity contribution in [3.63, 3.8) is 0 Å². The van der Waals surface area contributed by atoms with Gasteiger partial charge in [0.25, 0.3) is 5.56 Å². The highest BCUT2D eigenvalue weighted by Crippen LogP contribution is 2.21. The molecule has 0 saturated heterocycles. The third-order valence-electron chi connectivity index (χ3n) is 2.42. The maximum Gasteiger partial charge on any atom is 0.251 e. The molecule has 0 saturated carbocycles. The predicted octanol–water partition coefficient (Wildman–Crippen LogP) is 1.84. The molecular formula is C12H11F2N3OS. The van der Waals surface area contributed by atoms with E-state index in [9.17, 15) is 13.6 Å². The average molecular weight is 283 g/mol. The third-order valence-corrected chi connectivity index (χ3v) is 3.43. The zero-order valence-electron chi connectivity index (χ0n) is 9.77. The van der Waals surface area contributed by atoms with Crippen molar-refractivity contribution >= 4 is 11.8 Å². The van der Waals surface area contributed by atoms with Crippen LogP contribution in [-0.2, 0) is 0 Å². The molecule has 0 aliphatic heterocycles. The molecule has 0 spiro atoms. The SMILES string of the molecule is NC(CSc1nccc(=O)[nH]1)c1ccc(F)c(F)c1. The molecule has 3 N–H and O–H groups in total. The standard InChI is InChI=1S/C12H11F2N3OS/c13-8-2-1-7(5-9(8)14)10(15)6-19-12-16-4-3-11(18)17-12/h1-5,10H,6,15H2,(H,16,17,18). The molecule has 1 aromatic carbocycles. The molecule has 1 aromatic heterocycles. The first kappa shape index (κ1) is 13.7. The van der Waals surface area contributed by atoms with Crippen molar-refractivity contribution in [1.82, 2.24) is 9.97 Å². The van der Waals surface area contributed by atoms with Crippen LogP contribution in [0.4, 0.5) is 8.78 Å². The number of thioether (sulfide) groups is 1. The quantitative estimate of drug-likeness (QED) is 0.663. The van der Waals surface area contributed by atoms with Crippen molar-refractivity contribution < 1.29 is 8.78 Å². The molecule has 19 heavy (non-hydrogen) atoms. The van der Waals surface area contributed by atoms with Gasteiger partial charge in [0.2, 0.25) is 0 Å². The number of hydrogen-bond donors (Lipinski definition) is 2. The molecule has 100 valence electrons. The van der Waals surface area contributed by atoms with Gasteiger partial charge in [-0.25, -0.2) is 13.8 Å². The summed E-state index contributed by atoms with van der Waals surface area (Å²) in [6.07, 6.45) is 1.39. The second kappa shape index (κ2) is 5.94. The zero-order valence-corrected chi connectivity index (χ0v) is 10.6. The zero-order chi connectivity index (χ0) is 13.8. The Morgan fingerprint density at radius 2 is 2.11 bits per heavy atom. The Morgan fingerprint density at radius 3 is 2.79 bits per heavy atom. The fourth-order valence-corrected chi connectivity index (χ4v) is 2.27. The molecule has 0 bridgehead atoms. The van der Waals surface area contributed by atoms with Gasteiger partial charge in [-0.3, -0.25) is 4.79 Å². The van der Waals surface area contributed by atoms with Crippen LogP contribution in [0.25, 0.3) is 0 Å². The second-order valence-corrected chi connectivity index (χ2v) is 4.84. The van der Waals surface area contributed by atoms with Gasteiger partial charge in [-0.05, 0) is 17.7 Å². The molecule has 0 aliphatic carbocycles. The van der Waals surface area contributed by atoms with E-state index in [0.717, 1.165) is 12.1 Å². The molecule has 0 radical (unpaired) electrons. The van der Waals surface area contributed by atoms with Crippen LogP contribution in [0.15, 0.2) is 40.4 Å². The summed E-state index contributed by atoms with van der Waals surface area (Å²) in [5.74, 6) is -1.44. The van der Waals surface area contributed by atoms with Crippen LogP contribution in [0.3, 0.4) is 0 Å². The summed E-state index contributed by atoms with van der Waals surface area (Å²) in [5.41, 5.74) is 6.11. The minimum Gasteiger partial charge on any atom is -0.323 e. The molecule has 7 heteroatoms. The van der Waals surface area contributed by atoms with Gasteiger partial charge in [-0.2, -0.15) is 0 Å². The van der Waals surface area contributed by atoms with Gasteiger partial charge in [-0.15, -0.1) is 0 Å². The van der Waals surface area contributed by atoms with Crippen molar-refractivity contribution in [2.24, 2.45) is 5.73 Å². The first-order valence-electron chi connectivity index (χ1n) is 5.45. The number of rotatable bonds is 4. The molecule has 2 aromatic rings. The summed E-state index contributed by atoms with van der Waals surface area (Å²) in [7, 11) is 0.